The van der Waals surface area contributed by atoms with Gasteiger partial charge in [-0.1, -0.05) is 48.5 Å². The van der Waals surface area contributed by atoms with Crippen molar-refractivity contribution in [3.05, 3.63) is 65.7 Å². The molecule has 17 heavy (non-hydrogen) atoms. The van der Waals surface area contributed by atoms with Gasteiger partial charge >= 0.3 is 0 Å². The third-order valence-corrected chi connectivity index (χ3v) is 2.80. The number of para-hydroxylation sites is 1. The molecule has 0 spiro atoms. The van der Waals surface area contributed by atoms with E-state index in [0.29, 0.717) is 0 Å². The highest BCUT2D eigenvalue weighted by Crippen LogP contribution is 2.16. The smallest absolute Gasteiger partial charge is 0.122 e. The number of hydrogen-bond acceptors (Lipinski definition) is 1. The first kappa shape index (κ1) is 11.7. The molecule has 2 aromatic carbocycles. The zero-order valence-corrected chi connectivity index (χ0v) is 10.2. The molecule has 0 bridgehead atoms. The first-order valence-corrected chi connectivity index (χ1v) is 6.08. The molecular formula is C16H18O. The Morgan fingerprint density at radius 1 is 0.882 bits per heavy atom. The maximum absolute atomic E-state index is 5.76. The number of rotatable bonds is 5. The molecule has 2 aromatic rings. The van der Waals surface area contributed by atoms with Crippen LogP contribution in [0.5, 0.6) is 5.75 Å². The summed E-state index contributed by atoms with van der Waals surface area (Å²) in [5, 5.41) is 0. The van der Waals surface area contributed by atoms with E-state index in [2.05, 4.69) is 37.3 Å². The van der Waals surface area contributed by atoms with E-state index in [9.17, 15) is 0 Å². The predicted octanol–water partition coefficient (Wildman–Crippen LogP) is 4.01. The van der Waals surface area contributed by atoms with Crippen LogP contribution in [0.25, 0.3) is 0 Å². The summed E-state index contributed by atoms with van der Waals surface area (Å²) in [5.41, 5.74) is 2.58. The van der Waals surface area contributed by atoms with Crippen molar-refractivity contribution in [2.45, 2.75) is 19.8 Å². The SMILES string of the molecule is Cc1ccccc1OCCCc1ccccc1. The van der Waals surface area contributed by atoms with E-state index in [4.69, 9.17) is 4.74 Å². The van der Waals surface area contributed by atoms with E-state index in [-0.39, 0.29) is 0 Å². The maximum atomic E-state index is 5.76. The summed E-state index contributed by atoms with van der Waals surface area (Å²) in [6.07, 6.45) is 2.13. The van der Waals surface area contributed by atoms with Crippen molar-refractivity contribution < 1.29 is 4.74 Å². The molecule has 0 radical (unpaired) electrons. The Morgan fingerprint density at radius 3 is 2.35 bits per heavy atom. The second-order valence-electron chi connectivity index (χ2n) is 4.20. The van der Waals surface area contributed by atoms with Gasteiger partial charge in [-0.3, -0.25) is 0 Å². The van der Waals surface area contributed by atoms with Crippen molar-refractivity contribution in [2.24, 2.45) is 0 Å². The Bertz CT molecular complexity index is 448. The Hall–Kier alpha value is -1.76. The lowest BCUT2D eigenvalue weighted by Crippen LogP contribution is -2.00. The van der Waals surface area contributed by atoms with Crippen molar-refractivity contribution in [3.8, 4) is 5.75 Å². The van der Waals surface area contributed by atoms with Crippen LogP contribution < -0.4 is 4.74 Å². The maximum Gasteiger partial charge on any atom is 0.122 e. The molecule has 0 aliphatic carbocycles. The molecule has 88 valence electrons. The molecule has 1 heteroatoms. The van der Waals surface area contributed by atoms with Gasteiger partial charge in [-0.25, -0.2) is 0 Å². The highest BCUT2D eigenvalue weighted by Gasteiger charge is 1.97. The van der Waals surface area contributed by atoms with Crippen LogP contribution in [0, 0.1) is 6.92 Å². The highest BCUT2D eigenvalue weighted by atomic mass is 16.5. The summed E-state index contributed by atoms with van der Waals surface area (Å²) in [5.74, 6) is 1.00. The molecular weight excluding hydrogens is 208 g/mol. The molecule has 0 amide bonds. The van der Waals surface area contributed by atoms with Gasteiger partial charge in [-0.15, -0.1) is 0 Å². The molecule has 1 nitrogen and oxygen atoms in total. The van der Waals surface area contributed by atoms with Crippen LogP contribution in [-0.2, 0) is 6.42 Å². The zero-order chi connectivity index (χ0) is 11.9. The Kier molecular flexibility index (Phi) is 4.20. The quantitative estimate of drug-likeness (QED) is 0.700. The third kappa shape index (κ3) is 3.63. The molecule has 0 aromatic heterocycles. The lowest BCUT2D eigenvalue weighted by molar-refractivity contribution is 0.309. The second-order valence-corrected chi connectivity index (χ2v) is 4.20. The molecule has 0 fully saturated rings. The molecule has 0 saturated carbocycles. The zero-order valence-electron chi connectivity index (χ0n) is 10.2. The van der Waals surface area contributed by atoms with Crippen molar-refractivity contribution in [3.63, 3.8) is 0 Å². The fourth-order valence-corrected chi connectivity index (χ4v) is 1.82. The number of benzene rings is 2. The minimum atomic E-state index is 0.778. The Labute approximate surface area is 103 Å². The average molecular weight is 226 g/mol. The largest absolute Gasteiger partial charge is 0.493 e. The number of ether oxygens (including phenoxy) is 1. The summed E-state index contributed by atoms with van der Waals surface area (Å²) in [7, 11) is 0. The summed E-state index contributed by atoms with van der Waals surface area (Å²) in [6.45, 7) is 2.85. The van der Waals surface area contributed by atoms with Gasteiger partial charge in [-0.05, 0) is 37.0 Å². The molecule has 0 aliphatic heterocycles. The molecule has 0 unspecified atom stereocenters. The van der Waals surface area contributed by atoms with Crippen LogP contribution in [0.2, 0.25) is 0 Å². The monoisotopic (exact) mass is 226 g/mol. The Balaban J connectivity index is 1.76. The van der Waals surface area contributed by atoms with E-state index in [1.54, 1.807) is 0 Å². The van der Waals surface area contributed by atoms with E-state index in [1.165, 1.54) is 11.1 Å². The minimum absolute atomic E-state index is 0.778. The van der Waals surface area contributed by atoms with E-state index < -0.39 is 0 Å². The van der Waals surface area contributed by atoms with Gasteiger partial charge in [0.1, 0.15) is 5.75 Å². The topological polar surface area (TPSA) is 9.23 Å². The lowest BCUT2D eigenvalue weighted by Gasteiger charge is -2.08. The average Bonchev–Trinajstić information content (AvgIpc) is 2.38. The molecule has 0 heterocycles. The van der Waals surface area contributed by atoms with Crippen LogP contribution in [0.1, 0.15) is 17.5 Å². The summed E-state index contributed by atoms with van der Waals surface area (Å²) >= 11 is 0. The van der Waals surface area contributed by atoms with Crippen LogP contribution in [0.15, 0.2) is 54.6 Å². The summed E-state index contributed by atoms with van der Waals surface area (Å²) < 4.78 is 5.76. The number of hydrogen-bond donors (Lipinski definition) is 0. The molecule has 0 atom stereocenters. The van der Waals surface area contributed by atoms with Crippen molar-refractivity contribution in [2.75, 3.05) is 6.61 Å². The molecule has 0 N–H and O–H groups in total. The van der Waals surface area contributed by atoms with E-state index in [1.807, 2.05) is 24.3 Å². The van der Waals surface area contributed by atoms with Gasteiger partial charge in [0.2, 0.25) is 0 Å². The van der Waals surface area contributed by atoms with Crippen LogP contribution in [-0.4, -0.2) is 6.61 Å². The molecule has 2 rings (SSSR count). The number of aryl methyl sites for hydroxylation is 2. The van der Waals surface area contributed by atoms with Crippen LogP contribution in [0.4, 0.5) is 0 Å². The molecule has 0 saturated heterocycles. The minimum Gasteiger partial charge on any atom is -0.493 e. The van der Waals surface area contributed by atoms with Gasteiger partial charge < -0.3 is 4.74 Å². The van der Waals surface area contributed by atoms with Crippen LogP contribution in [0.3, 0.4) is 0 Å². The highest BCUT2D eigenvalue weighted by molar-refractivity contribution is 5.31. The van der Waals surface area contributed by atoms with Gasteiger partial charge in [0.25, 0.3) is 0 Å². The fraction of sp³-hybridized carbons (Fsp3) is 0.250. The standard InChI is InChI=1S/C16H18O/c1-14-8-5-6-12-16(14)17-13-7-11-15-9-3-2-4-10-15/h2-6,8-10,12H,7,11,13H2,1H3. The van der Waals surface area contributed by atoms with Gasteiger partial charge in [0.15, 0.2) is 0 Å². The van der Waals surface area contributed by atoms with Gasteiger partial charge in [0, 0.05) is 0 Å². The summed E-state index contributed by atoms with van der Waals surface area (Å²) in [4.78, 5) is 0. The van der Waals surface area contributed by atoms with Crippen molar-refractivity contribution >= 4 is 0 Å². The first-order chi connectivity index (χ1) is 8.36. The third-order valence-electron chi connectivity index (χ3n) is 2.80. The molecule has 0 aliphatic rings. The van der Waals surface area contributed by atoms with E-state index in [0.717, 1.165) is 25.2 Å². The summed E-state index contributed by atoms with van der Waals surface area (Å²) in [6, 6.07) is 18.7. The predicted molar refractivity (Wildman–Crippen MR) is 71.4 cm³/mol. The van der Waals surface area contributed by atoms with Crippen molar-refractivity contribution in [1.82, 2.24) is 0 Å². The van der Waals surface area contributed by atoms with E-state index >= 15 is 0 Å². The normalized spacial score (nSPS) is 10.2. The lowest BCUT2D eigenvalue weighted by atomic mass is 10.1. The Morgan fingerprint density at radius 2 is 1.59 bits per heavy atom. The van der Waals surface area contributed by atoms with Gasteiger partial charge in [0.05, 0.1) is 6.61 Å². The van der Waals surface area contributed by atoms with Crippen LogP contribution >= 0.6 is 0 Å². The first-order valence-electron chi connectivity index (χ1n) is 6.08. The van der Waals surface area contributed by atoms with Crippen molar-refractivity contribution in [1.29, 1.82) is 0 Å². The van der Waals surface area contributed by atoms with Gasteiger partial charge in [-0.2, -0.15) is 0 Å². The fourth-order valence-electron chi connectivity index (χ4n) is 1.82. The second kappa shape index (κ2) is 6.09.